The third-order valence-corrected chi connectivity index (χ3v) is 8.53. The number of anilines is 1. The molecule has 41 heavy (non-hydrogen) atoms. The number of nitrogen functional groups attached to an aromatic ring is 1. The van der Waals surface area contributed by atoms with Crippen LogP contribution in [0.5, 0.6) is 0 Å². The van der Waals surface area contributed by atoms with E-state index in [2.05, 4.69) is 15.5 Å². The molecule has 1 aromatic carbocycles. The number of carboxylic acids is 2. The maximum Gasteiger partial charge on any atom is 0.352 e. The molecular weight excluding hydrogens is 572 g/mol. The number of carbonyl (C=O) groups is 4. The highest BCUT2D eigenvalue weighted by atomic mass is 32.2. The van der Waals surface area contributed by atoms with Crippen LogP contribution in [0.4, 0.5) is 5.13 Å². The van der Waals surface area contributed by atoms with Gasteiger partial charge in [-0.15, -0.1) is 23.1 Å². The molecule has 4 heterocycles. The number of thiazole rings is 1. The van der Waals surface area contributed by atoms with E-state index in [0.29, 0.717) is 11.3 Å². The van der Waals surface area contributed by atoms with Gasteiger partial charge in [-0.2, -0.15) is 0 Å². The van der Waals surface area contributed by atoms with Crippen LogP contribution in [-0.2, 0) is 30.6 Å². The van der Waals surface area contributed by atoms with Gasteiger partial charge in [-0.1, -0.05) is 23.4 Å². The summed E-state index contributed by atoms with van der Waals surface area (Å²) in [6, 6.07) is 8.68. The molecule has 1 saturated heterocycles. The fourth-order valence-corrected chi connectivity index (χ4v) is 6.19. The Hall–Kier alpha value is -4.50. The minimum atomic E-state index is -1.75. The molecular formula is C26H25N6O7S2+. The molecule has 2 aliphatic heterocycles. The summed E-state index contributed by atoms with van der Waals surface area (Å²) in [5, 5.41) is 28.6. The zero-order valence-corrected chi connectivity index (χ0v) is 23.4. The fraction of sp³-hybridized carbons (Fsp3) is 0.269. The van der Waals surface area contributed by atoms with Crippen molar-refractivity contribution in [2.45, 2.75) is 37.4 Å². The molecule has 5 rings (SSSR count). The second kappa shape index (κ2) is 10.8. The Morgan fingerprint density at radius 2 is 1.98 bits per heavy atom. The number of aromatic nitrogens is 2. The van der Waals surface area contributed by atoms with E-state index in [1.165, 1.54) is 35.9 Å². The molecule has 2 aliphatic rings. The highest BCUT2D eigenvalue weighted by Crippen LogP contribution is 2.40. The van der Waals surface area contributed by atoms with Crippen molar-refractivity contribution in [2.24, 2.45) is 5.16 Å². The number of thioether (sulfide) groups is 1. The topological polar surface area (TPSA) is 188 Å². The number of oxime groups is 1. The first-order valence-electron chi connectivity index (χ1n) is 12.3. The Kier molecular flexibility index (Phi) is 7.40. The van der Waals surface area contributed by atoms with E-state index in [0.717, 1.165) is 22.1 Å². The molecule has 3 aromatic rings. The van der Waals surface area contributed by atoms with E-state index in [-0.39, 0.29) is 28.8 Å². The van der Waals surface area contributed by atoms with Gasteiger partial charge in [0, 0.05) is 28.2 Å². The Bertz CT molecular complexity index is 1650. The number of amides is 2. The number of rotatable bonds is 9. The van der Waals surface area contributed by atoms with Crippen molar-refractivity contribution in [1.82, 2.24) is 15.2 Å². The first-order valence-corrected chi connectivity index (χ1v) is 14.2. The van der Waals surface area contributed by atoms with Crippen LogP contribution < -0.4 is 15.6 Å². The van der Waals surface area contributed by atoms with E-state index in [4.69, 9.17) is 10.6 Å². The van der Waals surface area contributed by atoms with Gasteiger partial charge in [0.05, 0.1) is 0 Å². The average molecular weight is 598 g/mol. The lowest BCUT2D eigenvalue weighted by Gasteiger charge is -2.49. The molecule has 1 fully saturated rings. The number of aliphatic carboxylic acids is 2. The third kappa shape index (κ3) is 5.45. The van der Waals surface area contributed by atoms with Gasteiger partial charge in [0.25, 0.3) is 11.8 Å². The number of fused-ring (bicyclic) bond motifs is 2. The standard InChI is InChI=1S/C26H24N6O7S2/c1-26(2,24(37)38)39-30-17(16-12-41-25(27)28-16)20(33)29-18-21(34)32-19(23(35)36)15(11-40-22(18)32)10-31-8-7-13-5-3-4-6-14(13)9-31/h3-9,12,18,22H,10-11H2,1-2H3,(H4-,27,28,29,33,35,36,37,38)/p+1/t18?,22-/m0/s1. The Morgan fingerprint density at radius 1 is 1.24 bits per heavy atom. The van der Waals surface area contributed by atoms with Crippen LogP contribution in [0, 0.1) is 0 Å². The second-order valence-electron chi connectivity index (χ2n) is 9.78. The molecule has 5 N–H and O–H groups in total. The van der Waals surface area contributed by atoms with Crippen LogP contribution in [0.1, 0.15) is 19.5 Å². The minimum Gasteiger partial charge on any atom is -0.478 e. The summed E-state index contributed by atoms with van der Waals surface area (Å²) < 4.78 is 1.87. The molecule has 2 aromatic heterocycles. The van der Waals surface area contributed by atoms with Crippen LogP contribution in [0.3, 0.4) is 0 Å². The predicted molar refractivity (Wildman–Crippen MR) is 150 cm³/mol. The van der Waals surface area contributed by atoms with Crippen molar-refractivity contribution in [1.29, 1.82) is 0 Å². The lowest BCUT2D eigenvalue weighted by atomic mass is 10.0. The van der Waals surface area contributed by atoms with Crippen molar-refractivity contribution in [3.8, 4) is 0 Å². The van der Waals surface area contributed by atoms with Crippen molar-refractivity contribution in [3.63, 3.8) is 0 Å². The Balaban J connectivity index is 1.36. The predicted octanol–water partition coefficient (Wildman–Crippen LogP) is 1.19. The van der Waals surface area contributed by atoms with E-state index in [1.807, 2.05) is 47.3 Å². The summed E-state index contributed by atoms with van der Waals surface area (Å²) >= 11 is 2.36. The van der Waals surface area contributed by atoms with Gasteiger partial charge >= 0.3 is 11.9 Å². The summed E-state index contributed by atoms with van der Waals surface area (Å²) in [6.07, 6.45) is 3.77. The first-order chi connectivity index (χ1) is 19.5. The van der Waals surface area contributed by atoms with Crippen LogP contribution in [0.15, 0.2) is 64.5 Å². The maximum atomic E-state index is 13.2. The first kappa shape index (κ1) is 28.0. The quantitative estimate of drug-likeness (QED) is 0.121. The second-order valence-corrected chi connectivity index (χ2v) is 11.8. The van der Waals surface area contributed by atoms with Crippen molar-refractivity contribution in [2.75, 3.05) is 11.5 Å². The Labute approximate surface area is 241 Å². The van der Waals surface area contributed by atoms with Gasteiger partial charge in [0.15, 0.2) is 29.8 Å². The summed E-state index contributed by atoms with van der Waals surface area (Å²) in [7, 11) is 0. The number of pyridine rings is 1. The summed E-state index contributed by atoms with van der Waals surface area (Å²) in [4.78, 5) is 60.5. The lowest BCUT2D eigenvalue weighted by molar-refractivity contribution is -0.687. The molecule has 0 radical (unpaired) electrons. The van der Waals surface area contributed by atoms with Gasteiger partial charge in [0.1, 0.15) is 22.8 Å². The monoisotopic (exact) mass is 597 g/mol. The SMILES string of the molecule is CC(C)(ON=C(C(=O)NC1C(=O)N2C(C(=O)O)=C(C[n+]3ccc4ccccc4c3)CS[C@@H]12)c1csc(N)n1)C(=O)O. The van der Waals surface area contributed by atoms with E-state index in [1.54, 1.807) is 0 Å². The molecule has 0 spiro atoms. The van der Waals surface area contributed by atoms with Crippen LogP contribution in [0.25, 0.3) is 10.8 Å². The zero-order valence-electron chi connectivity index (χ0n) is 21.8. The largest absolute Gasteiger partial charge is 0.478 e. The summed E-state index contributed by atoms with van der Waals surface area (Å²) in [5.74, 6) is -3.68. The highest BCUT2D eigenvalue weighted by molar-refractivity contribution is 8.00. The zero-order chi connectivity index (χ0) is 29.5. The smallest absolute Gasteiger partial charge is 0.352 e. The number of hydrogen-bond acceptors (Lipinski definition) is 10. The summed E-state index contributed by atoms with van der Waals surface area (Å²) in [6.45, 7) is 2.78. The van der Waals surface area contributed by atoms with Crippen molar-refractivity contribution in [3.05, 3.63) is 65.1 Å². The molecule has 0 bridgehead atoms. The van der Waals surface area contributed by atoms with Gasteiger partial charge < -0.3 is 26.1 Å². The van der Waals surface area contributed by atoms with E-state index < -0.39 is 40.8 Å². The third-order valence-electron chi connectivity index (χ3n) is 6.52. The van der Waals surface area contributed by atoms with Gasteiger partial charge in [-0.05, 0) is 25.3 Å². The van der Waals surface area contributed by atoms with Crippen LogP contribution in [0.2, 0.25) is 0 Å². The molecule has 1 unspecified atom stereocenters. The van der Waals surface area contributed by atoms with Gasteiger partial charge in [-0.3, -0.25) is 14.5 Å². The molecule has 13 nitrogen and oxygen atoms in total. The number of nitrogens with zero attached hydrogens (tertiary/aromatic N) is 4. The van der Waals surface area contributed by atoms with Crippen LogP contribution in [-0.4, -0.2) is 72.3 Å². The molecule has 0 saturated carbocycles. The number of hydrogen-bond donors (Lipinski definition) is 4. The normalized spacial score (nSPS) is 19.0. The van der Waals surface area contributed by atoms with Crippen molar-refractivity contribution >= 4 is 68.5 Å². The molecule has 0 aliphatic carbocycles. The average Bonchev–Trinajstić information content (AvgIpc) is 3.36. The maximum absolute atomic E-state index is 13.2. The molecule has 15 heteroatoms. The van der Waals surface area contributed by atoms with Gasteiger partial charge in [0.2, 0.25) is 5.60 Å². The van der Waals surface area contributed by atoms with E-state index >= 15 is 0 Å². The fourth-order valence-electron chi connectivity index (χ4n) is 4.31. The van der Waals surface area contributed by atoms with Crippen LogP contribution >= 0.6 is 23.1 Å². The number of carboxylic acid groups (broad SMARTS) is 2. The summed E-state index contributed by atoms with van der Waals surface area (Å²) in [5.41, 5.74) is 4.04. The number of nitrogens with two attached hydrogens (primary N) is 1. The number of benzene rings is 1. The molecule has 2 amide bonds. The highest BCUT2D eigenvalue weighted by Gasteiger charge is 2.55. The van der Waals surface area contributed by atoms with E-state index in [9.17, 15) is 29.4 Å². The van der Waals surface area contributed by atoms with Gasteiger partial charge in [-0.25, -0.2) is 19.1 Å². The molecule has 2 atom stereocenters. The van der Waals surface area contributed by atoms with Crippen molar-refractivity contribution < 1.29 is 38.8 Å². The number of β-lactam (4-membered cyclic amide) rings is 1. The number of nitrogens with one attached hydrogen (secondary N) is 1. The molecule has 212 valence electrons. The minimum absolute atomic E-state index is 0.0342. The number of carbonyl (C=O) groups excluding carboxylic acids is 2. The lowest BCUT2D eigenvalue weighted by Crippen LogP contribution is -2.71. The Morgan fingerprint density at radius 3 is 2.63 bits per heavy atom.